The van der Waals surface area contributed by atoms with Crippen LogP contribution in [0.3, 0.4) is 0 Å². The Balaban J connectivity index is 1.70. The van der Waals surface area contributed by atoms with E-state index in [2.05, 4.69) is 19.2 Å². The van der Waals surface area contributed by atoms with Crippen molar-refractivity contribution in [2.24, 2.45) is 28.6 Å². The van der Waals surface area contributed by atoms with Gasteiger partial charge in [0.05, 0.1) is 5.57 Å². The summed E-state index contributed by atoms with van der Waals surface area (Å²) in [4.78, 5) is 25.1. The van der Waals surface area contributed by atoms with Gasteiger partial charge in [0.1, 0.15) is 0 Å². The van der Waals surface area contributed by atoms with Crippen LogP contribution in [-0.4, -0.2) is 22.5 Å². The lowest BCUT2D eigenvalue weighted by atomic mass is 9.47. The molecule has 0 spiro atoms. The molecule has 0 unspecified atom stereocenters. The van der Waals surface area contributed by atoms with Crippen molar-refractivity contribution >= 4 is 11.9 Å². The van der Waals surface area contributed by atoms with Crippen LogP contribution in [0, 0.1) is 28.6 Å². The molecule has 0 bridgehead atoms. The van der Waals surface area contributed by atoms with Crippen LogP contribution in [0.5, 0.6) is 0 Å². The molecule has 4 aliphatic carbocycles. The van der Waals surface area contributed by atoms with Crippen molar-refractivity contribution in [3.8, 4) is 0 Å². The second kappa shape index (κ2) is 6.72. The fraction of sp³-hybridized carbons (Fsp3) is 0.760. The van der Waals surface area contributed by atoms with Gasteiger partial charge in [-0.05, 0) is 100 Å². The maximum Gasteiger partial charge on any atom is 0.336 e. The van der Waals surface area contributed by atoms with E-state index in [1.54, 1.807) is 0 Å². The third-order valence-electron chi connectivity index (χ3n) is 8.70. The van der Waals surface area contributed by atoms with Gasteiger partial charge in [-0.3, -0.25) is 4.79 Å². The van der Waals surface area contributed by atoms with Crippen LogP contribution >= 0.6 is 0 Å². The van der Waals surface area contributed by atoms with E-state index in [1.807, 2.05) is 26.8 Å². The molecule has 3 fully saturated rings. The van der Waals surface area contributed by atoms with E-state index >= 15 is 0 Å². The first-order valence-corrected chi connectivity index (χ1v) is 11.4. The number of carbonyl (C=O) groups is 2. The molecule has 1 amide bonds. The van der Waals surface area contributed by atoms with Gasteiger partial charge in [-0.25, -0.2) is 4.79 Å². The van der Waals surface area contributed by atoms with Gasteiger partial charge in [-0.1, -0.05) is 25.8 Å². The maximum atomic E-state index is 13.1. The standard InChI is InChI=1S/C25H37NO3/c1-23(2,3)26-21(27)18-14-25(5)15(13-17(18)22(28)29)8-9-16-19-7-6-11-24(19,4)12-10-20(16)25/h13,16,19-20H,6-12,14H2,1-5H3,(H,26,27)(H,28,29)/t16-,19-,20+,24-,25-/m0/s1. The molecule has 0 aliphatic heterocycles. The predicted octanol–water partition coefficient (Wildman–Crippen LogP) is 5.25. The minimum Gasteiger partial charge on any atom is -0.478 e. The summed E-state index contributed by atoms with van der Waals surface area (Å²) in [5.41, 5.74) is 1.98. The van der Waals surface area contributed by atoms with Gasteiger partial charge in [-0.2, -0.15) is 0 Å². The molecule has 4 rings (SSSR count). The van der Waals surface area contributed by atoms with Crippen molar-refractivity contribution in [3.05, 3.63) is 22.8 Å². The van der Waals surface area contributed by atoms with Crippen molar-refractivity contribution in [3.63, 3.8) is 0 Å². The van der Waals surface area contributed by atoms with Crippen molar-refractivity contribution < 1.29 is 14.7 Å². The first kappa shape index (κ1) is 20.7. The Morgan fingerprint density at radius 3 is 2.48 bits per heavy atom. The van der Waals surface area contributed by atoms with Gasteiger partial charge in [0.15, 0.2) is 0 Å². The van der Waals surface area contributed by atoms with Crippen molar-refractivity contribution in [2.45, 2.75) is 91.5 Å². The number of carbonyl (C=O) groups excluding carboxylic acids is 1. The zero-order valence-electron chi connectivity index (χ0n) is 18.7. The minimum absolute atomic E-state index is 0.0870. The van der Waals surface area contributed by atoms with Gasteiger partial charge < -0.3 is 10.4 Å². The van der Waals surface area contributed by atoms with E-state index in [0.717, 1.165) is 18.3 Å². The largest absolute Gasteiger partial charge is 0.478 e. The average molecular weight is 400 g/mol. The summed E-state index contributed by atoms with van der Waals surface area (Å²) in [7, 11) is 0. The van der Waals surface area contributed by atoms with E-state index < -0.39 is 5.97 Å². The lowest BCUT2D eigenvalue weighted by Gasteiger charge is -2.57. The normalized spacial score (nSPS) is 39.2. The van der Waals surface area contributed by atoms with Gasteiger partial charge >= 0.3 is 5.97 Å². The summed E-state index contributed by atoms with van der Waals surface area (Å²) >= 11 is 0. The second-order valence-electron chi connectivity index (χ2n) is 11.7. The summed E-state index contributed by atoms with van der Waals surface area (Å²) < 4.78 is 0. The first-order chi connectivity index (χ1) is 13.4. The van der Waals surface area contributed by atoms with E-state index in [0.29, 0.717) is 23.3 Å². The molecule has 0 heterocycles. The number of aliphatic carboxylic acids is 1. The molecule has 4 aliphatic rings. The number of amides is 1. The lowest BCUT2D eigenvalue weighted by molar-refractivity contribution is -0.133. The molecule has 0 radical (unpaired) electrons. The van der Waals surface area contributed by atoms with E-state index in [9.17, 15) is 14.7 Å². The van der Waals surface area contributed by atoms with Crippen LogP contribution in [0.25, 0.3) is 0 Å². The fourth-order valence-corrected chi connectivity index (χ4v) is 7.33. The Kier molecular flexibility index (Phi) is 4.79. The van der Waals surface area contributed by atoms with E-state index in [4.69, 9.17) is 0 Å². The summed E-state index contributed by atoms with van der Waals surface area (Å²) in [6.07, 6.45) is 11.1. The average Bonchev–Trinajstić information content (AvgIpc) is 3.00. The Hall–Kier alpha value is -1.58. The molecule has 2 N–H and O–H groups in total. The SMILES string of the molecule is CC(C)(C)NC(=O)C1=C(C(=O)O)C=C2CC[C@@H]3[C@@H](CC[C@]4(C)CCC[C@@H]34)[C@@]2(C)C1. The number of hydrogen-bond acceptors (Lipinski definition) is 2. The number of nitrogens with one attached hydrogen (secondary N) is 1. The molecule has 160 valence electrons. The highest BCUT2D eigenvalue weighted by molar-refractivity contribution is 6.04. The highest BCUT2D eigenvalue weighted by atomic mass is 16.4. The van der Waals surface area contributed by atoms with E-state index in [1.165, 1.54) is 44.1 Å². The maximum absolute atomic E-state index is 13.1. The fourth-order valence-electron chi connectivity index (χ4n) is 7.33. The molecular weight excluding hydrogens is 362 g/mol. The van der Waals surface area contributed by atoms with Crippen LogP contribution in [0.1, 0.15) is 86.0 Å². The Labute approximate surface area is 175 Å². The van der Waals surface area contributed by atoms with Gasteiger partial charge in [-0.15, -0.1) is 0 Å². The van der Waals surface area contributed by atoms with Crippen molar-refractivity contribution in [1.82, 2.24) is 5.32 Å². The molecule has 29 heavy (non-hydrogen) atoms. The third kappa shape index (κ3) is 3.37. The van der Waals surface area contributed by atoms with Crippen LogP contribution in [0.4, 0.5) is 0 Å². The predicted molar refractivity (Wildman–Crippen MR) is 114 cm³/mol. The quantitative estimate of drug-likeness (QED) is 0.667. The monoisotopic (exact) mass is 399 g/mol. The highest BCUT2D eigenvalue weighted by Crippen LogP contribution is 2.65. The molecule has 4 nitrogen and oxygen atoms in total. The summed E-state index contributed by atoms with van der Waals surface area (Å²) in [6.45, 7) is 10.6. The van der Waals surface area contributed by atoms with Gasteiger partial charge in [0.2, 0.25) is 5.91 Å². The number of hydrogen-bond donors (Lipinski definition) is 2. The Morgan fingerprint density at radius 2 is 1.83 bits per heavy atom. The molecule has 0 aromatic carbocycles. The smallest absolute Gasteiger partial charge is 0.336 e. The molecule has 0 aromatic heterocycles. The van der Waals surface area contributed by atoms with Gasteiger partial charge in [0, 0.05) is 11.1 Å². The van der Waals surface area contributed by atoms with Crippen LogP contribution in [-0.2, 0) is 9.59 Å². The minimum atomic E-state index is -0.979. The number of carboxylic acids is 1. The van der Waals surface area contributed by atoms with E-state index in [-0.39, 0.29) is 22.4 Å². The van der Waals surface area contributed by atoms with Crippen LogP contribution in [0.2, 0.25) is 0 Å². The second-order valence-corrected chi connectivity index (χ2v) is 11.7. The van der Waals surface area contributed by atoms with Crippen molar-refractivity contribution in [1.29, 1.82) is 0 Å². The Bertz CT molecular complexity index is 801. The van der Waals surface area contributed by atoms with Crippen molar-refractivity contribution in [2.75, 3.05) is 0 Å². The molecule has 0 aromatic rings. The number of fused-ring (bicyclic) bond motifs is 5. The molecule has 4 heteroatoms. The summed E-state index contributed by atoms with van der Waals surface area (Å²) in [5, 5.41) is 12.8. The number of rotatable bonds is 2. The van der Waals surface area contributed by atoms with Crippen LogP contribution < -0.4 is 5.32 Å². The molecule has 3 saturated carbocycles. The zero-order chi connectivity index (χ0) is 21.2. The third-order valence-corrected chi connectivity index (χ3v) is 8.70. The molecular formula is C25H37NO3. The molecule has 5 atom stereocenters. The summed E-state index contributed by atoms with van der Waals surface area (Å²) in [5.74, 6) is 0.891. The topological polar surface area (TPSA) is 66.4 Å². The summed E-state index contributed by atoms with van der Waals surface area (Å²) in [6, 6.07) is 0. The Morgan fingerprint density at radius 1 is 1.10 bits per heavy atom. The first-order valence-electron chi connectivity index (χ1n) is 11.4. The highest BCUT2D eigenvalue weighted by Gasteiger charge is 2.56. The lowest BCUT2D eigenvalue weighted by Crippen LogP contribution is -2.50. The zero-order valence-corrected chi connectivity index (χ0v) is 18.7. The van der Waals surface area contributed by atoms with Crippen LogP contribution in [0.15, 0.2) is 22.8 Å². The number of allylic oxidation sites excluding steroid dienone is 1. The van der Waals surface area contributed by atoms with Gasteiger partial charge in [0.25, 0.3) is 0 Å². The molecule has 0 saturated heterocycles. The number of carboxylic acid groups (broad SMARTS) is 1.